The third kappa shape index (κ3) is 4.90. The highest BCUT2D eigenvalue weighted by Crippen LogP contribution is 2.46. The van der Waals surface area contributed by atoms with E-state index in [1.54, 1.807) is 0 Å². The van der Waals surface area contributed by atoms with Crippen molar-refractivity contribution in [3.8, 4) is 5.75 Å². The molecule has 0 spiro atoms. The van der Waals surface area contributed by atoms with Crippen molar-refractivity contribution in [2.45, 2.75) is 25.4 Å². The van der Waals surface area contributed by atoms with Crippen LogP contribution in [0.5, 0.6) is 5.75 Å². The minimum Gasteiger partial charge on any atom is -0.482 e. The van der Waals surface area contributed by atoms with Gasteiger partial charge in [-0.2, -0.15) is 13.2 Å². The number of ketones is 1. The minimum absolute atomic E-state index is 0.118. The fourth-order valence-electron chi connectivity index (χ4n) is 3.55. The lowest BCUT2D eigenvalue weighted by molar-refractivity contribution is -0.149. The maximum Gasteiger partial charge on any atom is 0.416 e. The number of esters is 1. The van der Waals surface area contributed by atoms with Crippen LogP contribution in [-0.2, 0) is 25.9 Å². The Bertz CT molecular complexity index is 1030. The monoisotopic (exact) mass is 433 g/mol. The van der Waals surface area contributed by atoms with Crippen LogP contribution < -0.4 is 9.64 Å². The van der Waals surface area contributed by atoms with Gasteiger partial charge in [-0.3, -0.25) is 4.79 Å². The number of carbonyl (C=O) groups is 2. The van der Waals surface area contributed by atoms with Gasteiger partial charge in [0.2, 0.25) is 0 Å². The summed E-state index contributed by atoms with van der Waals surface area (Å²) in [5.41, 5.74) is 1.58. The zero-order valence-corrected chi connectivity index (χ0v) is 17.3. The highest BCUT2D eigenvalue weighted by molar-refractivity contribution is 5.94. The average molecular weight is 433 g/mol. The summed E-state index contributed by atoms with van der Waals surface area (Å²) in [4.78, 5) is 26.2. The van der Waals surface area contributed by atoms with Crippen LogP contribution in [0.15, 0.2) is 60.3 Å². The number of anilines is 1. The molecule has 0 saturated carbocycles. The molecule has 0 unspecified atom stereocenters. The Kier molecular flexibility index (Phi) is 6.10. The maximum atomic E-state index is 12.7. The van der Waals surface area contributed by atoms with Crippen molar-refractivity contribution in [2.24, 2.45) is 0 Å². The molecule has 0 aliphatic carbocycles. The molecule has 0 amide bonds. The number of carbonyl (C=O) groups excluding carboxylic acids is 2. The number of benzene rings is 2. The minimum atomic E-state index is -4.51. The smallest absolute Gasteiger partial charge is 0.416 e. The molecule has 2 aromatic carbocycles. The number of allylic oxidation sites excluding steroid dienone is 1. The van der Waals surface area contributed by atoms with Gasteiger partial charge in [-0.25, -0.2) is 4.79 Å². The number of likely N-dealkylation sites (N-methyl/N-ethyl adjacent to an activating group) is 1. The number of rotatable bonds is 6. The normalized spacial score (nSPS) is 16.2. The van der Waals surface area contributed by atoms with Gasteiger partial charge in [-0.1, -0.05) is 38.1 Å². The molecule has 3 rings (SSSR count). The molecule has 0 radical (unpaired) electrons. The van der Waals surface area contributed by atoms with Crippen LogP contribution in [0.3, 0.4) is 0 Å². The molecule has 0 fully saturated rings. The molecule has 0 N–H and O–H groups in total. The van der Waals surface area contributed by atoms with Gasteiger partial charge < -0.3 is 14.4 Å². The van der Waals surface area contributed by atoms with E-state index < -0.39 is 42.1 Å². The molecule has 0 atom stereocenters. The van der Waals surface area contributed by atoms with Crippen molar-refractivity contribution in [2.75, 3.05) is 25.2 Å². The topological polar surface area (TPSA) is 55.8 Å². The Morgan fingerprint density at radius 3 is 2.45 bits per heavy atom. The fraction of sp³-hybridized carbons (Fsp3) is 0.304. The van der Waals surface area contributed by atoms with Crippen LogP contribution in [0, 0.1) is 0 Å². The third-order valence-corrected chi connectivity index (χ3v) is 5.13. The first kappa shape index (κ1) is 22.4. The second-order valence-electron chi connectivity index (χ2n) is 7.67. The summed E-state index contributed by atoms with van der Waals surface area (Å²) in [5, 5.41) is 0. The van der Waals surface area contributed by atoms with E-state index in [0.717, 1.165) is 29.1 Å². The Morgan fingerprint density at radius 1 is 1.06 bits per heavy atom. The summed E-state index contributed by atoms with van der Waals surface area (Å²) in [6.07, 6.45) is -3.07. The van der Waals surface area contributed by atoms with Gasteiger partial charge in [0.25, 0.3) is 0 Å². The third-order valence-electron chi connectivity index (χ3n) is 5.13. The molecule has 1 aliphatic heterocycles. The molecule has 5 nitrogen and oxygen atoms in total. The van der Waals surface area contributed by atoms with Gasteiger partial charge in [0.1, 0.15) is 5.75 Å². The molecule has 0 bridgehead atoms. The van der Waals surface area contributed by atoms with Crippen molar-refractivity contribution in [3.63, 3.8) is 0 Å². The standard InChI is InChI=1S/C23H22F3NO4/c1-22(2)18-9-4-5-10-19(18)27(3)20(22)12-16(28)13-31-21(29)14-30-17-8-6-7-15(11-17)23(24,25)26/h4-12H,13-14H2,1-3H3/b20-12-. The molecule has 164 valence electrons. The van der Waals surface area contributed by atoms with Crippen molar-refractivity contribution in [3.05, 3.63) is 71.4 Å². The highest BCUT2D eigenvalue weighted by atomic mass is 19.4. The summed E-state index contributed by atoms with van der Waals surface area (Å²) in [5.74, 6) is -1.38. The molecular weight excluding hydrogens is 411 g/mol. The number of ether oxygens (including phenoxy) is 2. The number of hydrogen-bond donors (Lipinski definition) is 0. The zero-order valence-electron chi connectivity index (χ0n) is 17.3. The van der Waals surface area contributed by atoms with Crippen molar-refractivity contribution < 1.29 is 32.2 Å². The van der Waals surface area contributed by atoms with Crippen LogP contribution in [0.2, 0.25) is 0 Å². The van der Waals surface area contributed by atoms with Gasteiger partial charge in [0.15, 0.2) is 19.0 Å². The first-order chi connectivity index (χ1) is 14.5. The summed E-state index contributed by atoms with van der Waals surface area (Å²) >= 11 is 0. The summed E-state index contributed by atoms with van der Waals surface area (Å²) in [6, 6.07) is 12.0. The molecule has 1 aliphatic rings. The Morgan fingerprint density at radius 2 is 1.77 bits per heavy atom. The largest absolute Gasteiger partial charge is 0.482 e. The van der Waals surface area contributed by atoms with E-state index in [9.17, 15) is 22.8 Å². The number of halogens is 3. The number of para-hydroxylation sites is 1. The number of hydrogen-bond acceptors (Lipinski definition) is 5. The average Bonchev–Trinajstić information content (AvgIpc) is 2.91. The fourth-order valence-corrected chi connectivity index (χ4v) is 3.55. The first-order valence-electron chi connectivity index (χ1n) is 9.54. The van der Waals surface area contributed by atoms with E-state index in [-0.39, 0.29) is 5.75 Å². The van der Waals surface area contributed by atoms with E-state index in [0.29, 0.717) is 0 Å². The lowest BCUT2D eigenvalue weighted by Gasteiger charge is -2.23. The molecule has 2 aromatic rings. The Labute approximate surface area is 178 Å². The second-order valence-corrected chi connectivity index (χ2v) is 7.67. The second kappa shape index (κ2) is 8.45. The molecule has 0 aromatic heterocycles. The van der Waals surface area contributed by atoms with Crippen LogP contribution >= 0.6 is 0 Å². The van der Waals surface area contributed by atoms with Gasteiger partial charge in [0.05, 0.1) is 5.56 Å². The highest BCUT2D eigenvalue weighted by Gasteiger charge is 2.38. The molecule has 0 saturated heterocycles. The first-order valence-corrected chi connectivity index (χ1v) is 9.54. The molecule has 31 heavy (non-hydrogen) atoms. The summed E-state index contributed by atoms with van der Waals surface area (Å²) < 4.78 is 48.1. The quantitative estimate of drug-likeness (QED) is 0.496. The molecule has 1 heterocycles. The maximum absolute atomic E-state index is 12.7. The van der Waals surface area contributed by atoms with Gasteiger partial charge in [-0.05, 0) is 29.8 Å². The lowest BCUT2D eigenvalue weighted by atomic mass is 9.83. The van der Waals surface area contributed by atoms with Crippen molar-refractivity contribution >= 4 is 17.4 Å². The lowest BCUT2D eigenvalue weighted by Crippen LogP contribution is -2.25. The van der Waals surface area contributed by atoms with Gasteiger partial charge in [0, 0.05) is 29.9 Å². The predicted octanol–water partition coefficient (Wildman–Crippen LogP) is 4.51. The van der Waals surface area contributed by atoms with Crippen LogP contribution in [-0.4, -0.2) is 32.0 Å². The van der Waals surface area contributed by atoms with Gasteiger partial charge in [-0.15, -0.1) is 0 Å². The van der Waals surface area contributed by atoms with E-state index in [4.69, 9.17) is 9.47 Å². The van der Waals surface area contributed by atoms with Crippen LogP contribution in [0.1, 0.15) is 25.0 Å². The summed E-state index contributed by atoms with van der Waals surface area (Å²) in [7, 11) is 1.86. The Balaban J connectivity index is 1.56. The Hall–Kier alpha value is -3.29. The summed E-state index contributed by atoms with van der Waals surface area (Å²) in [6.45, 7) is 2.91. The van der Waals surface area contributed by atoms with Crippen molar-refractivity contribution in [1.29, 1.82) is 0 Å². The van der Waals surface area contributed by atoms with Crippen molar-refractivity contribution in [1.82, 2.24) is 0 Å². The predicted molar refractivity (Wildman–Crippen MR) is 109 cm³/mol. The zero-order chi connectivity index (χ0) is 22.8. The molecular formula is C23H22F3NO4. The van der Waals surface area contributed by atoms with E-state index in [1.807, 2.05) is 50.1 Å². The number of nitrogens with zero attached hydrogens (tertiary/aromatic N) is 1. The van der Waals surface area contributed by atoms with E-state index in [2.05, 4.69) is 0 Å². The SMILES string of the molecule is CN1/C(=C\C(=O)COC(=O)COc2cccc(C(F)(F)F)c2)C(C)(C)c2ccccc21. The van der Waals surface area contributed by atoms with Crippen LogP contribution in [0.4, 0.5) is 18.9 Å². The van der Waals surface area contributed by atoms with E-state index in [1.165, 1.54) is 18.2 Å². The number of fused-ring (bicyclic) bond motifs is 1. The molecule has 8 heteroatoms. The van der Waals surface area contributed by atoms with E-state index >= 15 is 0 Å². The van der Waals surface area contributed by atoms with Crippen LogP contribution in [0.25, 0.3) is 0 Å². The van der Waals surface area contributed by atoms with Gasteiger partial charge >= 0.3 is 12.1 Å². The number of alkyl halides is 3.